The second kappa shape index (κ2) is 3.84. The van der Waals surface area contributed by atoms with Crippen LogP contribution >= 0.6 is 27.7 Å². The molecule has 0 saturated carbocycles. The van der Waals surface area contributed by atoms with E-state index in [0.717, 1.165) is 11.3 Å². The van der Waals surface area contributed by atoms with Crippen LogP contribution in [0.2, 0.25) is 0 Å². The maximum absolute atomic E-state index is 11.8. The summed E-state index contributed by atoms with van der Waals surface area (Å²) in [6.07, 6.45) is 0. The Hall–Kier alpha value is -0.280. The van der Waals surface area contributed by atoms with Gasteiger partial charge in [-0.25, -0.2) is 0 Å². The normalized spacial score (nSPS) is 26.5. The summed E-state index contributed by atoms with van der Waals surface area (Å²) in [4.78, 5) is 11.8. The first-order valence-corrected chi connectivity index (χ1v) is 6.10. The smallest absolute Gasteiger partial charge is 0.168 e. The monoisotopic (exact) mass is 256 g/mol. The highest BCUT2D eigenvalue weighted by atomic mass is 79.9. The SMILES string of the molecule is O=C(c1ccccc1)C1CSC1Br. The zero-order chi connectivity index (χ0) is 9.26. The summed E-state index contributed by atoms with van der Waals surface area (Å²) >= 11 is 5.25. The molecule has 1 aliphatic heterocycles. The van der Waals surface area contributed by atoms with Gasteiger partial charge in [-0.15, -0.1) is 11.8 Å². The largest absolute Gasteiger partial charge is 0.294 e. The summed E-state index contributed by atoms with van der Waals surface area (Å²) in [5, 5.41) is 0. The van der Waals surface area contributed by atoms with Gasteiger partial charge in [-0.2, -0.15) is 0 Å². The predicted octanol–water partition coefficient (Wildman–Crippen LogP) is 2.95. The molecule has 2 atom stereocenters. The Labute approximate surface area is 90.0 Å². The Balaban J connectivity index is 2.14. The highest BCUT2D eigenvalue weighted by Gasteiger charge is 2.35. The van der Waals surface area contributed by atoms with E-state index in [0.29, 0.717) is 4.16 Å². The average molecular weight is 257 g/mol. The Kier molecular flexibility index (Phi) is 2.74. The van der Waals surface area contributed by atoms with Crippen LogP contribution < -0.4 is 0 Å². The standard InChI is InChI=1S/C10H9BrOS/c11-10-8(6-13-10)9(12)7-4-2-1-3-5-7/h1-5,8,10H,6H2. The van der Waals surface area contributed by atoms with Gasteiger partial charge >= 0.3 is 0 Å². The van der Waals surface area contributed by atoms with Crippen molar-refractivity contribution in [2.45, 2.75) is 4.16 Å². The van der Waals surface area contributed by atoms with Crippen LogP contribution in [0.4, 0.5) is 0 Å². The summed E-state index contributed by atoms with van der Waals surface area (Å²) in [7, 11) is 0. The van der Waals surface area contributed by atoms with Crippen LogP contribution in [0.15, 0.2) is 30.3 Å². The van der Waals surface area contributed by atoms with Crippen LogP contribution in [0.5, 0.6) is 0 Å². The molecule has 0 aromatic heterocycles. The minimum atomic E-state index is 0.174. The molecule has 0 N–H and O–H groups in total. The van der Waals surface area contributed by atoms with Crippen LogP contribution in [0.1, 0.15) is 10.4 Å². The number of alkyl halides is 1. The third-order valence-electron chi connectivity index (χ3n) is 2.15. The topological polar surface area (TPSA) is 17.1 Å². The molecule has 3 heteroatoms. The molecule has 0 spiro atoms. The van der Waals surface area contributed by atoms with Crippen molar-refractivity contribution in [3.05, 3.63) is 35.9 Å². The number of carbonyl (C=O) groups excluding carboxylic acids is 1. The van der Waals surface area contributed by atoms with E-state index in [4.69, 9.17) is 0 Å². The number of benzene rings is 1. The summed E-state index contributed by atoms with van der Waals surface area (Å²) in [6, 6.07) is 9.50. The molecule has 0 amide bonds. The van der Waals surface area contributed by atoms with Crippen molar-refractivity contribution < 1.29 is 4.79 Å². The molecule has 1 fully saturated rings. The van der Waals surface area contributed by atoms with Crippen molar-refractivity contribution in [2.24, 2.45) is 5.92 Å². The zero-order valence-electron chi connectivity index (χ0n) is 6.94. The highest BCUT2D eigenvalue weighted by molar-refractivity contribution is 9.11. The van der Waals surface area contributed by atoms with Gasteiger partial charge in [-0.3, -0.25) is 4.79 Å². The van der Waals surface area contributed by atoms with E-state index < -0.39 is 0 Å². The third kappa shape index (κ3) is 1.81. The number of rotatable bonds is 2. The van der Waals surface area contributed by atoms with Gasteiger partial charge < -0.3 is 0 Å². The fraction of sp³-hybridized carbons (Fsp3) is 0.300. The lowest BCUT2D eigenvalue weighted by molar-refractivity contribution is 0.0935. The average Bonchev–Trinajstić information content (AvgIpc) is 2.17. The fourth-order valence-electron chi connectivity index (χ4n) is 1.28. The van der Waals surface area contributed by atoms with Crippen molar-refractivity contribution >= 4 is 33.5 Å². The van der Waals surface area contributed by atoms with Gasteiger partial charge in [0.05, 0.1) is 10.1 Å². The van der Waals surface area contributed by atoms with Crippen molar-refractivity contribution in [1.29, 1.82) is 0 Å². The number of carbonyl (C=O) groups is 1. The molecule has 1 aromatic rings. The molecule has 0 aliphatic carbocycles. The lowest BCUT2D eigenvalue weighted by Crippen LogP contribution is -2.33. The molecule has 1 aliphatic rings. The summed E-state index contributed by atoms with van der Waals surface area (Å²) in [6.45, 7) is 0. The number of ketones is 1. The van der Waals surface area contributed by atoms with E-state index in [1.54, 1.807) is 11.8 Å². The van der Waals surface area contributed by atoms with Gasteiger partial charge in [-0.1, -0.05) is 46.3 Å². The Morgan fingerprint density at radius 1 is 1.38 bits per heavy atom. The summed E-state index contributed by atoms with van der Waals surface area (Å²) < 4.78 is 0.320. The fourth-order valence-corrected chi connectivity index (χ4v) is 3.24. The lowest BCUT2D eigenvalue weighted by Gasteiger charge is -2.30. The van der Waals surface area contributed by atoms with E-state index in [-0.39, 0.29) is 11.7 Å². The zero-order valence-corrected chi connectivity index (χ0v) is 9.35. The lowest BCUT2D eigenvalue weighted by atomic mass is 10.0. The van der Waals surface area contributed by atoms with E-state index in [1.165, 1.54) is 0 Å². The Morgan fingerprint density at radius 2 is 2.08 bits per heavy atom. The minimum Gasteiger partial charge on any atom is -0.294 e. The molecule has 1 aromatic carbocycles. The second-order valence-electron chi connectivity index (χ2n) is 3.02. The first-order valence-electron chi connectivity index (χ1n) is 4.14. The van der Waals surface area contributed by atoms with Crippen molar-refractivity contribution in [2.75, 3.05) is 5.75 Å². The molecular weight excluding hydrogens is 248 g/mol. The summed E-state index contributed by atoms with van der Waals surface area (Å²) in [5.41, 5.74) is 0.831. The van der Waals surface area contributed by atoms with Crippen molar-refractivity contribution in [1.82, 2.24) is 0 Å². The van der Waals surface area contributed by atoms with Gasteiger partial charge in [0.25, 0.3) is 0 Å². The van der Waals surface area contributed by atoms with Gasteiger partial charge in [0.15, 0.2) is 5.78 Å². The molecule has 2 rings (SSSR count). The molecule has 68 valence electrons. The molecule has 1 nitrogen and oxygen atoms in total. The molecule has 2 unspecified atom stereocenters. The number of thioether (sulfide) groups is 1. The first kappa shape index (κ1) is 9.28. The highest BCUT2D eigenvalue weighted by Crippen LogP contribution is 2.40. The Bertz CT molecular complexity index is 312. The number of halogens is 1. The van der Waals surface area contributed by atoms with Crippen molar-refractivity contribution in [3.8, 4) is 0 Å². The number of hydrogen-bond acceptors (Lipinski definition) is 2. The van der Waals surface area contributed by atoms with Crippen molar-refractivity contribution in [3.63, 3.8) is 0 Å². The summed E-state index contributed by atoms with van der Waals surface area (Å²) in [5.74, 6) is 1.39. The second-order valence-corrected chi connectivity index (χ2v) is 5.79. The quantitative estimate of drug-likeness (QED) is 0.598. The molecule has 1 heterocycles. The van der Waals surface area contributed by atoms with Gasteiger partial charge in [0, 0.05) is 11.3 Å². The minimum absolute atomic E-state index is 0.174. The van der Waals surface area contributed by atoms with Crippen LogP contribution in [0, 0.1) is 5.92 Å². The molecule has 0 bridgehead atoms. The van der Waals surface area contributed by atoms with Crippen LogP contribution in [-0.2, 0) is 0 Å². The first-order chi connectivity index (χ1) is 6.29. The van der Waals surface area contributed by atoms with Gasteiger partial charge in [-0.05, 0) is 0 Å². The van der Waals surface area contributed by atoms with Crippen LogP contribution in [0.25, 0.3) is 0 Å². The molecule has 0 radical (unpaired) electrons. The van der Waals surface area contributed by atoms with E-state index in [1.807, 2.05) is 30.3 Å². The van der Waals surface area contributed by atoms with Crippen LogP contribution in [-0.4, -0.2) is 15.7 Å². The number of Topliss-reactive ketones (excluding diaryl/α,β-unsaturated/α-hetero) is 1. The molecular formula is C10H9BrOS. The predicted molar refractivity (Wildman–Crippen MR) is 59.4 cm³/mol. The third-order valence-corrected chi connectivity index (χ3v) is 4.78. The van der Waals surface area contributed by atoms with E-state index in [9.17, 15) is 4.79 Å². The van der Waals surface area contributed by atoms with E-state index in [2.05, 4.69) is 15.9 Å². The number of hydrogen-bond donors (Lipinski definition) is 0. The maximum Gasteiger partial charge on any atom is 0.168 e. The van der Waals surface area contributed by atoms with Gasteiger partial charge in [0.1, 0.15) is 0 Å². The molecule has 13 heavy (non-hydrogen) atoms. The Morgan fingerprint density at radius 3 is 2.54 bits per heavy atom. The van der Waals surface area contributed by atoms with Gasteiger partial charge in [0.2, 0.25) is 0 Å². The van der Waals surface area contributed by atoms with E-state index >= 15 is 0 Å². The van der Waals surface area contributed by atoms with Crippen LogP contribution in [0.3, 0.4) is 0 Å². The maximum atomic E-state index is 11.8. The molecule has 1 saturated heterocycles.